The van der Waals surface area contributed by atoms with Crippen LogP contribution in [0.4, 0.5) is 11.4 Å². The second-order valence-corrected chi connectivity index (χ2v) is 11.0. The van der Waals surface area contributed by atoms with Crippen molar-refractivity contribution in [2.75, 3.05) is 37.5 Å². The minimum atomic E-state index is -4.32. The Balaban J connectivity index is 1.52. The molecule has 0 saturated carbocycles. The smallest absolute Gasteiger partial charge is 0.265 e. The van der Waals surface area contributed by atoms with Gasteiger partial charge in [0.1, 0.15) is 23.5 Å². The maximum atomic E-state index is 14.0. The molecule has 0 bridgehead atoms. The number of hydrogen-bond acceptors (Lipinski definition) is 7. The number of benzene rings is 4. The van der Waals surface area contributed by atoms with Crippen LogP contribution in [0.5, 0.6) is 17.2 Å². The molecule has 5 rings (SSSR count). The summed E-state index contributed by atoms with van der Waals surface area (Å²) in [6.45, 7) is -0.578. The quantitative estimate of drug-likeness (QED) is 0.224. The molecule has 0 saturated heterocycles. The number of carbonyl (C=O) groups excluding carboxylic acids is 1. The van der Waals surface area contributed by atoms with Gasteiger partial charge in [0.25, 0.3) is 10.0 Å². The fourth-order valence-electron chi connectivity index (χ4n) is 4.40. The molecule has 0 radical (unpaired) electrons. The lowest BCUT2D eigenvalue weighted by Crippen LogP contribution is -2.38. The molecular formula is C29H25ClN2O7S. The van der Waals surface area contributed by atoms with E-state index in [-0.39, 0.29) is 27.1 Å². The number of nitrogens with one attached hydrogen (secondary N) is 1. The van der Waals surface area contributed by atoms with Gasteiger partial charge in [0.2, 0.25) is 5.91 Å². The molecular weight excluding hydrogens is 556 g/mol. The summed E-state index contributed by atoms with van der Waals surface area (Å²) in [5.74, 6) is 0.184. The number of ether oxygens (including phenoxy) is 3. The molecule has 0 aliphatic rings. The number of hydrogen-bond donors (Lipinski definition) is 1. The second kappa shape index (κ2) is 11.0. The molecule has 0 aliphatic carbocycles. The van der Waals surface area contributed by atoms with E-state index >= 15 is 0 Å². The largest absolute Gasteiger partial charge is 0.495 e. The standard InChI is InChI=1S/C29H25ClN2O7S/c1-36-25-12-8-18(30)14-23(25)32(40(34,35)20-10-13-26(37-2)28(16-20)38-3)17-29(33)31-19-9-11-22-21-6-4-5-7-24(21)39-27(22)15-19/h4-16H,17H2,1-3H3,(H,31,33). The van der Waals surface area contributed by atoms with Crippen molar-refractivity contribution in [3.05, 3.63) is 83.9 Å². The van der Waals surface area contributed by atoms with Crippen molar-refractivity contribution in [3.8, 4) is 17.2 Å². The molecule has 1 amide bonds. The van der Waals surface area contributed by atoms with Crippen LogP contribution in [0, 0.1) is 0 Å². The number of anilines is 2. The number of fused-ring (bicyclic) bond motifs is 3. The maximum absolute atomic E-state index is 14.0. The van der Waals surface area contributed by atoms with Crippen LogP contribution in [0.2, 0.25) is 5.02 Å². The summed E-state index contributed by atoms with van der Waals surface area (Å²) in [5.41, 5.74) is 1.84. The monoisotopic (exact) mass is 580 g/mol. The summed E-state index contributed by atoms with van der Waals surface area (Å²) in [6.07, 6.45) is 0. The lowest BCUT2D eigenvalue weighted by atomic mass is 10.1. The fraction of sp³-hybridized carbons (Fsp3) is 0.138. The van der Waals surface area contributed by atoms with Gasteiger partial charge >= 0.3 is 0 Å². The van der Waals surface area contributed by atoms with Crippen LogP contribution < -0.4 is 23.8 Å². The average Bonchev–Trinajstić information content (AvgIpc) is 3.33. The first-order chi connectivity index (χ1) is 19.2. The van der Waals surface area contributed by atoms with Gasteiger partial charge in [-0.3, -0.25) is 9.10 Å². The van der Waals surface area contributed by atoms with Crippen molar-refractivity contribution in [1.29, 1.82) is 0 Å². The zero-order valence-electron chi connectivity index (χ0n) is 21.8. The first-order valence-corrected chi connectivity index (χ1v) is 13.9. The molecule has 4 aromatic carbocycles. The Morgan fingerprint density at radius 1 is 0.825 bits per heavy atom. The lowest BCUT2D eigenvalue weighted by molar-refractivity contribution is -0.114. The number of halogens is 1. The molecule has 0 unspecified atom stereocenters. The predicted octanol–water partition coefficient (Wildman–Crippen LogP) is 6.10. The second-order valence-electron chi connectivity index (χ2n) is 8.70. The summed E-state index contributed by atoms with van der Waals surface area (Å²) in [7, 11) is -0.0735. The van der Waals surface area contributed by atoms with Gasteiger partial charge in [-0.25, -0.2) is 8.42 Å². The lowest BCUT2D eigenvalue weighted by Gasteiger charge is -2.26. The molecule has 0 aliphatic heterocycles. The van der Waals surface area contributed by atoms with Gasteiger partial charge in [0, 0.05) is 33.6 Å². The molecule has 0 spiro atoms. The summed E-state index contributed by atoms with van der Waals surface area (Å²) in [6, 6.07) is 21.6. The third-order valence-corrected chi connectivity index (χ3v) is 8.29. The zero-order chi connectivity index (χ0) is 28.4. The number of amides is 1. The minimum absolute atomic E-state index is 0.0904. The third-order valence-electron chi connectivity index (χ3n) is 6.30. The molecule has 0 fully saturated rings. The van der Waals surface area contributed by atoms with Crippen molar-refractivity contribution < 1.29 is 31.8 Å². The van der Waals surface area contributed by atoms with Gasteiger partial charge < -0.3 is 23.9 Å². The molecule has 40 heavy (non-hydrogen) atoms. The highest BCUT2D eigenvalue weighted by Crippen LogP contribution is 2.37. The summed E-state index contributed by atoms with van der Waals surface area (Å²) < 4.78 is 50.8. The van der Waals surface area contributed by atoms with Crippen molar-refractivity contribution >= 4 is 60.8 Å². The number of methoxy groups -OCH3 is 3. The van der Waals surface area contributed by atoms with Gasteiger partial charge in [-0.15, -0.1) is 0 Å². The zero-order valence-corrected chi connectivity index (χ0v) is 23.4. The SMILES string of the molecule is COc1ccc(S(=O)(=O)N(CC(=O)Nc2ccc3c(c2)oc2ccccc23)c2cc(Cl)ccc2OC)cc1OC. The Bertz CT molecular complexity index is 1840. The van der Waals surface area contributed by atoms with E-state index < -0.39 is 22.5 Å². The van der Waals surface area contributed by atoms with E-state index in [1.165, 1.54) is 51.7 Å². The van der Waals surface area contributed by atoms with Crippen LogP contribution in [0.15, 0.2) is 88.2 Å². The van der Waals surface area contributed by atoms with Crippen LogP contribution in [-0.2, 0) is 14.8 Å². The molecule has 206 valence electrons. The third kappa shape index (κ3) is 5.11. The molecule has 0 atom stereocenters. The van der Waals surface area contributed by atoms with Crippen LogP contribution >= 0.6 is 11.6 Å². The Morgan fingerprint density at radius 3 is 2.27 bits per heavy atom. The molecule has 9 nitrogen and oxygen atoms in total. The molecule has 1 heterocycles. The summed E-state index contributed by atoms with van der Waals surface area (Å²) >= 11 is 6.23. The number of rotatable bonds is 9. The van der Waals surface area contributed by atoms with E-state index in [9.17, 15) is 13.2 Å². The van der Waals surface area contributed by atoms with Crippen molar-refractivity contribution in [1.82, 2.24) is 0 Å². The van der Waals surface area contributed by atoms with E-state index in [1.54, 1.807) is 18.2 Å². The first kappa shape index (κ1) is 27.2. The Hall–Kier alpha value is -4.41. The minimum Gasteiger partial charge on any atom is -0.495 e. The summed E-state index contributed by atoms with van der Waals surface area (Å²) in [4.78, 5) is 13.2. The maximum Gasteiger partial charge on any atom is 0.265 e. The normalized spacial score (nSPS) is 11.4. The van der Waals surface area contributed by atoms with Crippen molar-refractivity contribution in [2.45, 2.75) is 4.90 Å². The van der Waals surface area contributed by atoms with Crippen LogP contribution in [0.3, 0.4) is 0 Å². The van der Waals surface area contributed by atoms with E-state index in [1.807, 2.05) is 30.3 Å². The van der Waals surface area contributed by atoms with Crippen molar-refractivity contribution in [2.24, 2.45) is 0 Å². The van der Waals surface area contributed by atoms with Crippen molar-refractivity contribution in [3.63, 3.8) is 0 Å². The highest BCUT2D eigenvalue weighted by molar-refractivity contribution is 7.92. The van der Waals surface area contributed by atoms with Gasteiger partial charge in [-0.1, -0.05) is 29.8 Å². The molecule has 1 N–H and O–H groups in total. The fourth-order valence-corrected chi connectivity index (χ4v) is 6.00. The Kier molecular flexibility index (Phi) is 7.46. The first-order valence-electron chi connectivity index (χ1n) is 12.0. The number of nitrogens with zero attached hydrogens (tertiary/aromatic N) is 1. The number of furan rings is 1. The highest BCUT2D eigenvalue weighted by atomic mass is 35.5. The summed E-state index contributed by atoms with van der Waals surface area (Å²) in [5, 5.41) is 4.89. The molecule has 5 aromatic rings. The van der Waals surface area contributed by atoms with Gasteiger partial charge in [0.05, 0.1) is 31.9 Å². The van der Waals surface area contributed by atoms with Crippen LogP contribution in [0.1, 0.15) is 0 Å². The average molecular weight is 581 g/mol. The number of carbonyl (C=O) groups is 1. The highest BCUT2D eigenvalue weighted by Gasteiger charge is 2.31. The Morgan fingerprint density at radius 2 is 1.52 bits per heavy atom. The van der Waals surface area contributed by atoms with Gasteiger partial charge in [-0.05, 0) is 48.5 Å². The number of sulfonamides is 1. The van der Waals surface area contributed by atoms with E-state index in [0.29, 0.717) is 17.0 Å². The Labute approximate surface area is 235 Å². The van der Waals surface area contributed by atoms with E-state index in [0.717, 1.165) is 20.7 Å². The molecule has 11 heteroatoms. The van der Waals surface area contributed by atoms with Crippen LogP contribution in [-0.4, -0.2) is 42.2 Å². The number of para-hydroxylation sites is 1. The van der Waals surface area contributed by atoms with Gasteiger partial charge in [-0.2, -0.15) is 0 Å². The molecule has 1 aromatic heterocycles. The van der Waals surface area contributed by atoms with E-state index in [4.69, 9.17) is 30.2 Å². The van der Waals surface area contributed by atoms with Gasteiger partial charge in [0.15, 0.2) is 11.5 Å². The van der Waals surface area contributed by atoms with E-state index in [2.05, 4.69) is 5.32 Å². The van der Waals surface area contributed by atoms with Crippen LogP contribution in [0.25, 0.3) is 21.9 Å². The topological polar surface area (TPSA) is 107 Å². The predicted molar refractivity (Wildman–Crippen MR) is 154 cm³/mol.